The molecule has 0 radical (unpaired) electrons. The van der Waals surface area contributed by atoms with E-state index in [0.717, 1.165) is 5.56 Å². The minimum Gasteiger partial charge on any atom is -0.369 e. The van der Waals surface area contributed by atoms with E-state index in [2.05, 4.69) is 5.32 Å². The lowest BCUT2D eigenvalue weighted by Gasteiger charge is -2.09. The summed E-state index contributed by atoms with van der Waals surface area (Å²) in [5, 5.41) is 3.41. The first-order valence-electron chi connectivity index (χ1n) is 5.41. The van der Waals surface area contributed by atoms with Gasteiger partial charge in [0.1, 0.15) is 0 Å². The largest absolute Gasteiger partial charge is 0.369 e. The van der Waals surface area contributed by atoms with Crippen LogP contribution in [0.15, 0.2) is 18.2 Å². The summed E-state index contributed by atoms with van der Waals surface area (Å²) < 4.78 is 0. The molecule has 0 bridgehead atoms. The molecule has 0 fully saturated rings. The van der Waals surface area contributed by atoms with E-state index in [9.17, 15) is 9.59 Å². The van der Waals surface area contributed by atoms with Crippen molar-refractivity contribution in [2.75, 3.05) is 16.8 Å². The molecule has 0 saturated carbocycles. The molecule has 0 heterocycles. The second-order valence-electron chi connectivity index (χ2n) is 3.73. The fraction of sp³-hybridized carbons (Fsp3) is 0.333. The average Bonchev–Trinajstić information content (AvgIpc) is 2.30. The predicted octanol–water partition coefficient (Wildman–Crippen LogP) is 2.20. The summed E-state index contributed by atoms with van der Waals surface area (Å²) in [6.45, 7) is 1.85. The molecular formula is C12H15ClN2O2S. The van der Waals surface area contributed by atoms with Gasteiger partial charge in [0.2, 0.25) is 11.8 Å². The lowest BCUT2D eigenvalue weighted by atomic mass is 10.2. The van der Waals surface area contributed by atoms with Gasteiger partial charge in [-0.3, -0.25) is 9.59 Å². The SMILES string of the molecule is Cc1c(Cl)cccc1NC(=O)CCSCC(N)=O. The molecule has 98 valence electrons. The number of nitrogens with two attached hydrogens (primary N) is 1. The third-order valence-electron chi connectivity index (χ3n) is 2.26. The highest BCUT2D eigenvalue weighted by Crippen LogP contribution is 2.23. The van der Waals surface area contributed by atoms with Crippen molar-refractivity contribution in [3.63, 3.8) is 0 Å². The van der Waals surface area contributed by atoms with Crippen LogP contribution in [0.1, 0.15) is 12.0 Å². The van der Waals surface area contributed by atoms with Crippen LogP contribution in [0.2, 0.25) is 5.02 Å². The average molecular weight is 287 g/mol. The van der Waals surface area contributed by atoms with Crippen LogP contribution < -0.4 is 11.1 Å². The lowest BCUT2D eigenvalue weighted by molar-refractivity contribution is -0.116. The number of carbonyl (C=O) groups is 2. The number of hydrogen-bond acceptors (Lipinski definition) is 3. The summed E-state index contributed by atoms with van der Waals surface area (Å²) in [5.41, 5.74) is 6.55. The Bertz CT molecular complexity index is 452. The Morgan fingerprint density at radius 1 is 1.44 bits per heavy atom. The molecule has 0 unspecified atom stereocenters. The van der Waals surface area contributed by atoms with Gasteiger partial charge in [-0.1, -0.05) is 17.7 Å². The number of thioether (sulfide) groups is 1. The Labute approximate surface area is 115 Å². The molecule has 0 aliphatic heterocycles. The van der Waals surface area contributed by atoms with E-state index >= 15 is 0 Å². The fourth-order valence-electron chi connectivity index (χ4n) is 1.29. The van der Waals surface area contributed by atoms with Gasteiger partial charge in [0, 0.05) is 22.9 Å². The van der Waals surface area contributed by atoms with Crippen molar-refractivity contribution in [3.05, 3.63) is 28.8 Å². The van der Waals surface area contributed by atoms with E-state index in [0.29, 0.717) is 22.9 Å². The monoisotopic (exact) mass is 286 g/mol. The molecule has 0 spiro atoms. The number of amides is 2. The van der Waals surface area contributed by atoms with Crippen LogP contribution in [0, 0.1) is 6.92 Å². The Kier molecular flexibility index (Phi) is 6.01. The summed E-state index contributed by atoms with van der Waals surface area (Å²) in [6, 6.07) is 5.36. The number of carbonyl (C=O) groups excluding carboxylic acids is 2. The smallest absolute Gasteiger partial charge is 0.227 e. The van der Waals surface area contributed by atoms with Crippen molar-refractivity contribution in [1.29, 1.82) is 0 Å². The zero-order valence-electron chi connectivity index (χ0n) is 10.0. The first-order valence-corrected chi connectivity index (χ1v) is 6.95. The van der Waals surface area contributed by atoms with Crippen molar-refractivity contribution in [2.45, 2.75) is 13.3 Å². The summed E-state index contributed by atoms with van der Waals surface area (Å²) in [6.07, 6.45) is 0.337. The van der Waals surface area contributed by atoms with Gasteiger partial charge in [0.05, 0.1) is 5.75 Å². The molecule has 3 N–H and O–H groups in total. The number of nitrogens with one attached hydrogen (secondary N) is 1. The van der Waals surface area contributed by atoms with Gasteiger partial charge in [-0.2, -0.15) is 11.8 Å². The van der Waals surface area contributed by atoms with Gasteiger partial charge in [-0.15, -0.1) is 0 Å². The lowest BCUT2D eigenvalue weighted by Crippen LogP contribution is -2.16. The molecule has 0 aromatic heterocycles. The third kappa shape index (κ3) is 4.98. The van der Waals surface area contributed by atoms with Crippen LogP contribution in [0.25, 0.3) is 0 Å². The van der Waals surface area contributed by atoms with Gasteiger partial charge in [0.25, 0.3) is 0 Å². The van der Waals surface area contributed by atoms with Crippen LogP contribution in [0.4, 0.5) is 5.69 Å². The molecule has 18 heavy (non-hydrogen) atoms. The first kappa shape index (κ1) is 14.9. The second kappa shape index (κ2) is 7.28. The maximum atomic E-state index is 11.6. The van der Waals surface area contributed by atoms with Crippen LogP contribution in [-0.4, -0.2) is 23.3 Å². The van der Waals surface area contributed by atoms with Crippen LogP contribution in [-0.2, 0) is 9.59 Å². The fourth-order valence-corrected chi connectivity index (χ4v) is 2.14. The number of anilines is 1. The standard InChI is InChI=1S/C12H15ClN2O2S/c1-8-9(13)3-2-4-10(8)15-12(17)5-6-18-7-11(14)16/h2-4H,5-7H2,1H3,(H2,14,16)(H,15,17). The highest BCUT2D eigenvalue weighted by Gasteiger charge is 2.06. The third-order valence-corrected chi connectivity index (χ3v) is 3.65. The van der Waals surface area contributed by atoms with Crippen LogP contribution in [0.5, 0.6) is 0 Å². The molecule has 0 aliphatic carbocycles. The minimum atomic E-state index is -0.369. The number of benzene rings is 1. The van der Waals surface area contributed by atoms with E-state index in [1.54, 1.807) is 18.2 Å². The molecular weight excluding hydrogens is 272 g/mol. The number of hydrogen-bond donors (Lipinski definition) is 2. The molecule has 2 amide bonds. The highest BCUT2D eigenvalue weighted by atomic mass is 35.5. The first-order chi connectivity index (χ1) is 8.50. The van der Waals surface area contributed by atoms with Crippen molar-refractivity contribution < 1.29 is 9.59 Å². The molecule has 0 atom stereocenters. The molecule has 6 heteroatoms. The molecule has 0 aliphatic rings. The van der Waals surface area contributed by atoms with E-state index in [4.69, 9.17) is 17.3 Å². The van der Waals surface area contributed by atoms with Gasteiger partial charge >= 0.3 is 0 Å². The van der Waals surface area contributed by atoms with Crippen molar-refractivity contribution in [3.8, 4) is 0 Å². The van der Waals surface area contributed by atoms with E-state index in [1.165, 1.54) is 11.8 Å². The van der Waals surface area contributed by atoms with Gasteiger partial charge in [-0.05, 0) is 24.6 Å². The van der Waals surface area contributed by atoms with Crippen molar-refractivity contribution in [2.24, 2.45) is 5.73 Å². The second-order valence-corrected chi connectivity index (χ2v) is 5.24. The summed E-state index contributed by atoms with van der Waals surface area (Å²) >= 11 is 7.30. The van der Waals surface area contributed by atoms with Gasteiger partial charge < -0.3 is 11.1 Å². The van der Waals surface area contributed by atoms with Gasteiger partial charge in [0.15, 0.2) is 0 Å². The van der Waals surface area contributed by atoms with Crippen molar-refractivity contribution in [1.82, 2.24) is 0 Å². The summed E-state index contributed by atoms with van der Waals surface area (Å²) in [4.78, 5) is 22.1. The Balaban J connectivity index is 2.40. The minimum absolute atomic E-state index is 0.0997. The number of halogens is 1. The number of primary amides is 1. The zero-order chi connectivity index (χ0) is 13.5. The predicted molar refractivity (Wildman–Crippen MR) is 76.0 cm³/mol. The topological polar surface area (TPSA) is 72.2 Å². The van der Waals surface area contributed by atoms with Gasteiger partial charge in [-0.25, -0.2) is 0 Å². The Morgan fingerprint density at radius 3 is 2.83 bits per heavy atom. The Morgan fingerprint density at radius 2 is 2.17 bits per heavy atom. The Hall–Kier alpha value is -1.20. The summed E-state index contributed by atoms with van der Waals surface area (Å²) in [7, 11) is 0. The summed E-state index contributed by atoms with van der Waals surface area (Å²) in [5.74, 6) is 0.334. The maximum absolute atomic E-state index is 11.6. The number of rotatable bonds is 6. The molecule has 1 aromatic rings. The van der Waals surface area contributed by atoms with Crippen LogP contribution >= 0.6 is 23.4 Å². The van der Waals surface area contributed by atoms with E-state index in [-0.39, 0.29) is 17.6 Å². The van der Waals surface area contributed by atoms with E-state index < -0.39 is 0 Å². The molecule has 1 rings (SSSR count). The molecule has 1 aromatic carbocycles. The zero-order valence-corrected chi connectivity index (χ0v) is 11.6. The maximum Gasteiger partial charge on any atom is 0.227 e. The van der Waals surface area contributed by atoms with Crippen molar-refractivity contribution >= 4 is 40.9 Å². The highest BCUT2D eigenvalue weighted by molar-refractivity contribution is 7.99. The normalized spacial score (nSPS) is 10.1. The molecule has 4 nitrogen and oxygen atoms in total. The van der Waals surface area contributed by atoms with E-state index in [1.807, 2.05) is 6.92 Å². The molecule has 0 saturated heterocycles. The van der Waals surface area contributed by atoms with Crippen LogP contribution in [0.3, 0.4) is 0 Å². The quantitative estimate of drug-likeness (QED) is 0.788.